The topological polar surface area (TPSA) is 51.0 Å². The average Bonchev–Trinajstić information content (AvgIpc) is 3.27. The summed E-state index contributed by atoms with van der Waals surface area (Å²) in [6.45, 7) is 1.89. The standard InChI is InChI=1S/C25H22F2N4OS/c1-17(18-8-10-20(26)11-9-18)30(2)23(32)16-33-25-29-28-24(19-6-4-3-5-7-19)31(25)22-14-12-21(27)13-15-22/h3-15,17H,16H2,1-2H3. The van der Waals surface area contributed by atoms with Crippen molar-refractivity contribution in [2.45, 2.75) is 18.1 Å². The Morgan fingerprint density at radius 3 is 2.18 bits per heavy atom. The van der Waals surface area contributed by atoms with Gasteiger partial charge in [-0.2, -0.15) is 0 Å². The van der Waals surface area contributed by atoms with Gasteiger partial charge in [0.25, 0.3) is 0 Å². The quantitative estimate of drug-likeness (QED) is 0.338. The number of aromatic nitrogens is 3. The maximum Gasteiger partial charge on any atom is 0.233 e. The number of rotatable bonds is 7. The second kappa shape index (κ2) is 9.95. The lowest BCUT2D eigenvalue weighted by Crippen LogP contribution is -2.31. The van der Waals surface area contributed by atoms with Gasteiger partial charge in [0.1, 0.15) is 11.6 Å². The van der Waals surface area contributed by atoms with E-state index in [1.807, 2.05) is 41.8 Å². The van der Waals surface area contributed by atoms with Gasteiger partial charge in [-0.15, -0.1) is 10.2 Å². The predicted molar refractivity (Wildman–Crippen MR) is 125 cm³/mol. The molecule has 0 bridgehead atoms. The summed E-state index contributed by atoms with van der Waals surface area (Å²) in [6.07, 6.45) is 0. The molecule has 0 saturated carbocycles. The summed E-state index contributed by atoms with van der Waals surface area (Å²) in [6, 6.07) is 21.5. The molecule has 0 aliphatic rings. The van der Waals surface area contributed by atoms with E-state index in [1.54, 1.807) is 36.2 Å². The molecule has 1 atom stereocenters. The number of hydrogen-bond acceptors (Lipinski definition) is 4. The fraction of sp³-hybridized carbons (Fsp3) is 0.160. The van der Waals surface area contributed by atoms with E-state index >= 15 is 0 Å². The van der Waals surface area contributed by atoms with Crippen molar-refractivity contribution in [1.82, 2.24) is 19.7 Å². The lowest BCUT2D eigenvalue weighted by atomic mass is 10.1. The van der Waals surface area contributed by atoms with Crippen LogP contribution in [0.15, 0.2) is 84.0 Å². The van der Waals surface area contributed by atoms with Crippen molar-refractivity contribution < 1.29 is 13.6 Å². The van der Waals surface area contributed by atoms with Gasteiger partial charge in [0.15, 0.2) is 11.0 Å². The van der Waals surface area contributed by atoms with E-state index in [1.165, 1.54) is 36.0 Å². The van der Waals surface area contributed by atoms with Gasteiger partial charge in [-0.3, -0.25) is 9.36 Å². The van der Waals surface area contributed by atoms with Crippen LogP contribution in [0.3, 0.4) is 0 Å². The Labute approximate surface area is 195 Å². The number of halogens is 2. The number of amides is 1. The Hall–Kier alpha value is -3.52. The minimum Gasteiger partial charge on any atom is -0.338 e. The molecule has 0 N–H and O–H groups in total. The van der Waals surface area contributed by atoms with Gasteiger partial charge in [-0.05, 0) is 48.9 Å². The summed E-state index contributed by atoms with van der Waals surface area (Å²) in [5.74, 6) is -0.0217. The number of carbonyl (C=O) groups is 1. The Morgan fingerprint density at radius 2 is 1.55 bits per heavy atom. The van der Waals surface area contributed by atoms with Gasteiger partial charge in [-0.1, -0.05) is 54.2 Å². The highest BCUT2D eigenvalue weighted by atomic mass is 32.2. The van der Waals surface area contributed by atoms with E-state index in [0.29, 0.717) is 16.7 Å². The van der Waals surface area contributed by atoms with Crippen LogP contribution in [-0.4, -0.2) is 38.4 Å². The minimum absolute atomic E-state index is 0.105. The summed E-state index contributed by atoms with van der Waals surface area (Å²) in [5, 5.41) is 9.17. The largest absolute Gasteiger partial charge is 0.338 e. The minimum atomic E-state index is -0.339. The molecule has 4 aromatic rings. The van der Waals surface area contributed by atoms with E-state index in [-0.39, 0.29) is 29.3 Å². The molecule has 168 valence electrons. The fourth-order valence-electron chi connectivity index (χ4n) is 3.37. The van der Waals surface area contributed by atoms with Crippen molar-refractivity contribution >= 4 is 17.7 Å². The highest BCUT2D eigenvalue weighted by molar-refractivity contribution is 7.99. The molecular weight excluding hydrogens is 442 g/mol. The highest BCUT2D eigenvalue weighted by Gasteiger charge is 2.21. The molecule has 1 aromatic heterocycles. The molecule has 33 heavy (non-hydrogen) atoms. The number of nitrogens with zero attached hydrogens (tertiary/aromatic N) is 4. The van der Waals surface area contributed by atoms with Crippen LogP contribution in [0.5, 0.6) is 0 Å². The second-order valence-electron chi connectivity index (χ2n) is 7.50. The highest BCUT2D eigenvalue weighted by Crippen LogP contribution is 2.29. The molecule has 0 aliphatic heterocycles. The number of carbonyl (C=O) groups excluding carboxylic acids is 1. The van der Waals surface area contributed by atoms with Crippen LogP contribution in [0.2, 0.25) is 0 Å². The Kier molecular flexibility index (Phi) is 6.84. The van der Waals surface area contributed by atoms with Gasteiger partial charge in [-0.25, -0.2) is 8.78 Å². The van der Waals surface area contributed by atoms with E-state index in [2.05, 4.69) is 10.2 Å². The predicted octanol–water partition coefficient (Wildman–Crippen LogP) is 5.52. The monoisotopic (exact) mass is 464 g/mol. The molecule has 0 aliphatic carbocycles. The zero-order valence-electron chi connectivity index (χ0n) is 18.2. The summed E-state index contributed by atoms with van der Waals surface area (Å²) in [5.41, 5.74) is 2.40. The molecular formula is C25H22F2N4OS. The first-order valence-electron chi connectivity index (χ1n) is 10.3. The van der Waals surface area contributed by atoms with Gasteiger partial charge in [0, 0.05) is 18.3 Å². The molecule has 3 aromatic carbocycles. The average molecular weight is 465 g/mol. The van der Waals surface area contributed by atoms with Crippen molar-refractivity contribution in [3.63, 3.8) is 0 Å². The van der Waals surface area contributed by atoms with Crippen LogP contribution >= 0.6 is 11.8 Å². The molecule has 1 heterocycles. The number of thioether (sulfide) groups is 1. The molecule has 0 saturated heterocycles. The smallest absolute Gasteiger partial charge is 0.233 e. The second-order valence-corrected chi connectivity index (χ2v) is 8.45. The maximum atomic E-state index is 13.5. The molecule has 1 amide bonds. The molecule has 5 nitrogen and oxygen atoms in total. The number of benzene rings is 3. The summed E-state index contributed by atoms with van der Waals surface area (Å²) in [4.78, 5) is 14.5. The first-order valence-corrected chi connectivity index (χ1v) is 11.3. The third-order valence-electron chi connectivity index (χ3n) is 5.40. The lowest BCUT2D eigenvalue weighted by molar-refractivity contribution is -0.128. The maximum absolute atomic E-state index is 13.5. The van der Waals surface area contributed by atoms with Crippen LogP contribution in [0.1, 0.15) is 18.5 Å². The normalized spacial score (nSPS) is 11.9. The summed E-state index contributed by atoms with van der Waals surface area (Å²) in [7, 11) is 1.72. The Morgan fingerprint density at radius 1 is 0.939 bits per heavy atom. The first-order chi connectivity index (χ1) is 15.9. The van der Waals surface area contributed by atoms with Crippen molar-refractivity contribution in [1.29, 1.82) is 0 Å². The Balaban J connectivity index is 1.56. The van der Waals surface area contributed by atoms with Crippen LogP contribution in [-0.2, 0) is 4.79 Å². The molecule has 8 heteroatoms. The number of hydrogen-bond donors (Lipinski definition) is 0. The van der Waals surface area contributed by atoms with Crippen LogP contribution < -0.4 is 0 Å². The Bertz CT molecular complexity index is 1230. The van der Waals surface area contributed by atoms with Gasteiger partial charge in [0.05, 0.1) is 11.8 Å². The summed E-state index contributed by atoms with van der Waals surface area (Å²) >= 11 is 1.26. The van der Waals surface area contributed by atoms with E-state index in [0.717, 1.165) is 11.1 Å². The third kappa shape index (κ3) is 5.12. The van der Waals surface area contributed by atoms with Crippen LogP contribution in [0.4, 0.5) is 8.78 Å². The SMILES string of the molecule is CC(c1ccc(F)cc1)N(C)C(=O)CSc1nnc(-c2ccccc2)n1-c1ccc(F)cc1. The third-order valence-corrected chi connectivity index (χ3v) is 6.32. The van der Waals surface area contributed by atoms with Crippen LogP contribution in [0, 0.1) is 11.6 Å². The summed E-state index contributed by atoms with van der Waals surface area (Å²) < 4.78 is 28.6. The van der Waals surface area contributed by atoms with Gasteiger partial charge >= 0.3 is 0 Å². The molecule has 0 spiro atoms. The zero-order valence-corrected chi connectivity index (χ0v) is 19.0. The van der Waals surface area contributed by atoms with Gasteiger partial charge < -0.3 is 4.90 Å². The molecule has 0 fully saturated rings. The van der Waals surface area contributed by atoms with Crippen molar-refractivity contribution in [2.75, 3.05) is 12.8 Å². The molecule has 1 unspecified atom stereocenters. The zero-order chi connectivity index (χ0) is 23.4. The molecule has 4 rings (SSSR count). The van der Waals surface area contributed by atoms with Crippen molar-refractivity contribution in [3.8, 4) is 17.1 Å². The first kappa shape index (κ1) is 22.7. The molecule has 0 radical (unpaired) electrons. The van der Waals surface area contributed by atoms with E-state index in [4.69, 9.17) is 0 Å². The van der Waals surface area contributed by atoms with Gasteiger partial charge in [0.2, 0.25) is 5.91 Å². The van der Waals surface area contributed by atoms with Crippen molar-refractivity contribution in [2.24, 2.45) is 0 Å². The van der Waals surface area contributed by atoms with Crippen LogP contribution in [0.25, 0.3) is 17.1 Å². The fourth-order valence-corrected chi connectivity index (χ4v) is 4.25. The lowest BCUT2D eigenvalue weighted by Gasteiger charge is -2.25. The van der Waals surface area contributed by atoms with Crippen molar-refractivity contribution in [3.05, 3.63) is 96.1 Å². The van der Waals surface area contributed by atoms with E-state index in [9.17, 15) is 13.6 Å². The van der Waals surface area contributed by atoms with E-state index < -0.39 is 0 Å².